The molecule has 0 spiro atoms. The van der Waals surface area contributed by atoms with Crippen LogP contribution in [0.25, 0.3) is 0 Å². The molecule has 8 nitrogen and oxygen atoms in total. The Bertz CT molecular complexity index is 811. The summed E-state index contributed by atoms with van der Waals surface area (Å²) >= 11 is 0. The van der Waals surface area contributed by atoms with Crippen molar-refractivity contribution in [2.45, 2.75) is 6.92 Å². The predicted octanol–water partition coefficient (Wildman–Crippen LogP) is 2.41. The van der Waals surface area contributed by atoms with E-state index < -0.39 is 11.9 Å². The average Bonchev–Trinajstić information content (AvgIpc) is 2.72. The third kappa shape index (κ3) is 6.31. The van der Waals surface area contributed by atoms with Gasteiger partial charge in [-0.25, -0.2) is 10.2 Å². The number of nitrogens with zero attached hydrogens (tertiary/aromatic N) is 1. The van der Waals surface area contributed by atoms with Gasteiger partial charge < -0.3 is 18.9 Å². The number of benzene rings is 2. The van der Waals surface area contributed by atoms with Gasteiger partial charge in [0, 0.05) is 11.6 Å². The van der Waals surface area contributed by atoms with Crippen LogP contribution in [0.15, 0.2) is 47.6 Å². The topological polar surface area (TPSA) is 95.5 Å². The summed E-state index contributed by atoms with van der Waals surface area (Å²) in [6.07, 6.45) is 1.49. The van der Waals surface area contributed by atoms with Crippen molar-refractivity contribution in [1.29, 1.82) is 0 Å². The van der Waals surface area contributed by atoms with Crippen LogP contribution < -0.4 is 19.6 Å². The van der Waals surface area contributed by atoms with E-state index in [2.05, 4.69) is 10.5 Å². The Morgan fingerprint density at radius 2 is 1.64 bits per heavy atom. The maximum atomic E-state index is 12.2. The van der Waals surface area contributed by atoms with Crippen molar-refractivity contribution < 1.29 is 28.5 Å². The average molecular weight is 386 g/mol. The minimum atomic E-state index is -0.426. The number of carbonyl (C=O) groups is 2. The van der Waals surface area contributed by atoms with E-state index in [4.69, 9.17) is 18.9 Å². The molecule has 1 amide bonds. The van der Waals surface area contributed by atoms with E-state index in [1.165, 1.54) is 20.4 Å². The number of hydrogen-bond donors (Lipinski definition) is 1. The Morgan fingerprint density at radius 1 is 1.00 bits per heavy atom. The van der Waals surface area contributed by atoms with E-state index in [1.54, 1.807) is 49.4 Å². The monoisotopic (exact) mass is 386 g/mol. The lowest BCUT2D eigenvalue weighted by molar-refractivity contribution is -0.145. The van der Waals surface area contributed by atoms with Crippen LogP contribution in [0, 0.1) is 0 Å². The Labute approximate surface area is 163 Å². The minimum Gasteiger partial charge on any atom is -0.497 e. The lowest BCUT2D eigenvalue weighted by atomic mass is 10.2. The predicted molar refractivity (Wildman–Crippen MR) is 103 cm³/mol. The zero-order valence-corrected chi connectivity index (χ0v) is 15.9. The molecule has 2 aromatic carbocycles. The van der Waals surface area contributed by atoms with Crippen molar-refractivity contribution in [2.75, 3.05) is 27.4 Å². The van der Waals surface area contributed by atoms with Gasteiger partial charge in [-0.15, -0.1) is 0 Å². The van der Waals surface area contributed by atoms with Crippen molar-refractivity contribution in [3.8, 4) is 17.2 Å². The Morgan fingerprint density at radius 3 is 2.21 bits per heavy atom. The highest BCUT2D eigenvalue weighted by molar-refractivity contribution is 5.95. The molecule has 0 aliphatic heterocycles. The number of hydrazone groups is 1. The number of amides is 1. The largest absolute Gasteiger partial charge is 0.497 e. The van der Waals surface area contributed by atoms with Crippen LogP contribution in [0.4, 0.5) is 0 Å². The molecule has 28 heavy (non-hydrogen) atoms. The van der Waals surface area contributed by atoms with Gasteiger partial charge in [0.25, 0.3) is 5.91 Å². The molecule has 2 rings (SSSR count). The van der Waals surface area contributed by atoms with Crippen LogP contribution in [0.1, 0.15) is 22.8 Å². The molecule has 0 fully saturated rings. The molecular formula is C20H22N2O6. The van der Waals surface area contributed by atoms with Crippen molar-refractivity contribution in [1.82, 2.24) is 5.43 Å². The fraction of sp³-hybridized carbons (Fsp3) is 0.250. The summed E-state index contributed by atoms with van der Waals surface area (Å²) in [5.41, 5.74) is 3.55. The van der Waals surface area contributed by atoms with Crippen LogP contribution in [-0.4, -0.2) is 45.5 Å². The summed E-state index contributed by atoms with van der Waals surface area (Å²) in [5.74, 6) is 0.712. The molecule has 1 N–H and O–H groups in total. The van der Waals surface area contributed by atoms with Gasteiger partial charge in [-0.2, -0.15) is 5.10 Å². The molecule has 0 aliphatic carbocycles. The van der Waals surface area contributed by atoms with Gasteiger partial charge in [-0.1, -0.05) is 0 Å². The second kappa shape index (κ2) is 10.6. The van der Waals surface area contributed by atoms with Gasteiger partial charge in [0.05, 0.1) is 27.0 Å². The molecule has 0 saturated carbocycles. The maximum absolute atomic E-state index is 12.2. The number of ether oxygens (including phenoxy) is 4. The second-order valence-corrected chi connectivity index (χ2v) is 5.46. The van der Waals surface area contributed by atoms with Crippen LogP contribution in [0.3, 0.4) is 0 Å². The van der Waals surface area contributed by atoms with E-state index in [9.17, 15) is 9.59 Å². The normalized spacial score (nSPS) is 10.4. The van der Waals surface area contributed by atoms with Crippen LogP contribution in [0.5, 0.6) is 17.2 Å². The van der Waals surface area contributed by atoms with E-state index in [-0.39, 0.29) is 6.61 Å². The lowest BCUT2D eigenvalue weighted by Gasteiger charge is -2.07. The SMILES string of the molecule is CCOC(=O)COc1ccc(/C=N\NC(=O)c2cc(OC)cc(OC)c2)cc1. The second-order valence-electron chi connectivity index (χ2n) is 5.46. The highest BCUT2D eigenvalue weighted by Gasteiger charge is 2.09. The first kappa shape index (κ1) is 20.8. The molecule has 0 saturated heterocycles. The third-order valence-corrected chi connectivity index (χ3v) is 3.54. The van der Waals surface area contributed by atoms with E-state index in [0.29, 0.717) is 29.4 Å². The van der Waals surface area contributed by atoms with E-state index in [1.807, 2.05) is 0 Å². The Kier molecular flexibility index (Phi) is 7.83. The number of methoxy groups -OCH3 is 2. The van der Waals surface area contributed by atoms with E-state index in [0.717, 1.165) is 5.56 Å². The fourth-order valence-electron chi connectivity index (χ4n) is 2.16. The van der Waals surface area contributed by atoms with Crippen molar-refractivity contribution in [2.24, 2.45) is 5.10 Å². The van der Waals surface area contributed by atoms with Crippen molar-refractivity contribution in [3.05, 3.63) is 53.6 Å². The van der Waals surface area contributed by atoms with Gasteiger partial charge in [0.15, 0.2) is 6.61 Å². The summed E-state index contributed by atoms with van der Waals surface area (Å²) in [7, 11) is 3.02. The zero-order valence-electron chi connectivity index (χ0n) is 15.9. The molecule has 148 valence electrons. The fourth-order valence-corrected chi connectivity index (χ4v) is 2.16. The number of hydrogen-bond acceptors (Lipinski definition) is 7. The first-order valence-corrected chi connectivity index (χ1v) is 8.50. The Hall–Kier alpha value is -3.55. The molecule has 0 heterocycles. The molecule has 0 aliphatic rings. The molecule has 0 unspecified atom stereocenters. The van der Waals surface area contributed by atoms with Gasteiger partial charge in [0.1, 0.15) is 17.2 Å². The van der Waals surface area contributed by atoms with Crippen LogP contribution in [0.2, 0.25) is 0 Å². The highest BCUT2D eigenvalue weighted by Crippen LogP contribution is 2.22. The van der Waals surface area contributed by atoms with Gasteiger partial charge in [-0.05, 0) is 48.9 Å². The minimum absolute atomic E-state index is 0.151. The molecular weight excluding hydrogens is 364 g/mol. The highest BCUT2D eigenvalue weighted by atomic mass is 16.6. The summed E-state index contributed by atoms with van der Waals surface area (Å²) in [5, 5.41) is 3.94. The van der Waals surface area contributed by atoms with Gasteiger partial charge >= 0.3 is 5.97 Å². The smallest absolute Gasteiger partial charge is 0.344 e. The summed E-state index contributed by atoms with van der Waals surface area (Å²) in [6.45, 7) is 1.89. The molecule has 0 aromatic heterocycles. The lowest BCUT2D eigenvalue weighted by Crippen LogP contribution is -2.17. The summed E-state index contributed by atoms with van der Waals surface area (Å²) in [6, 6.07) is 11.7. The molecule has 0 bridgehead atoms. The molecule has 0 atom stereocenters. The first-order valence-electron chi connectivity index (χ1n) is 8.50. The maximum Gasteiger partial charge on any atom is 0.344 e. The number of carbonyl (C=O) groups excluding carboxylic acids is 2. The molecule has 8 heteroatoms. The number of esters is 1. The third-order valence-electron chi connectivity index (χ3n) is 3.54. The molecule has 0 radical (unpaired) electrons. The van der Waals surface area contributed by atoms with E-state index >= 15 is 0 Å². The quantitative estimate of drug-likeness (QED) is 0.404. The van der Waals surface area contributed by atoms with Gasteiger partial charge in [-0.3, -0.25) is 4.79 Å². The first-order chi connectivity index (χ1) is 13.5. The summed E-state index contributed by atoms with van der Waals surface area (Å²) < 4.78 is 20.4. The van der Waals surface area contributed by atoms with Crippen LogP contribution in [-0.2, 0) is 9.53 Å². The van der Waals surface area contributed by atoms with Crippen molar-refractivity contribution in [3.63, 3.8) is 0 Å². The summed E-state index contributed by atoms with van der Waals surface area (Å²) in [4.78, 5) is 23.5. The zero-order chi connectivity index (χ0) is 20.4. The van der Waals surface area contributed by atoms with Crippen LogP contribution >= 0.6 is 0 Å². The van der Waals surface area contributed by atoms with Gasteiger partial charge in [0.2, 0.25) is 0 Å². The molecule has 2 aromatic rings. The Balaban J connectivity index is 1.92. The standard InChI is InChI=1S/C20H22N2O6/c1-4-27-19(23)13-28-16-7-5-14(6-8-16)12-21-22-20(24)15-9-17(25-2)11-18(10-15)26-3/h5-12H,4,13H2,1-3H3,(H,22,24)/b21-12-. The number of rotatable bonds is 9. The number of nitrogens with one attached hydrogen (secondary N) is 1. The van der Waals surface area contributed by atoms with Crippen molar-refractivity contribution >= 4 is 18.1 Å².